The van der Waals surface area contributed by atoms with Crippen molar-refractivity contribution >= 4 is 0 Å². The molecule has 15 heavy (non-hydrogen) atoms. The molecule has 4 nitrogen and oxygen atoms in total. The predicted octanol–water partition coefficient (Wildman–Crippen LogP) is 0.444. The normalized spacial score (nSPS) is 17.9. The highest BCUT2D eigenvalue weighted by molar-refractivity contribution is 5.02. The van der Waals surface area contributed by atoms with Gasteiger partial charge < -0.3 is 5.32 Å². The molecule has 4 heteroatoms. The van der Waals surface area contributed by atoms with E-state index in [0.29, 0.717) is 0 Å². The van der Waals surface area contributed by atoms with Crippen molar-refractivity contribution in [3.63, 3.8) is 0 Å². The molecule has 2 rings (SSSR count). The quantitative estimate of drug-likeness (QED) is 0.779. The zero-order valence-corrected chi connectivity index (χ0v) is 9.24. The molecule has 0 atom stereocenters. The Balaban J connectivity index is 1.96. The van der Waals surface area contributed by atoms with E-state index < -0.39 is 0 Å². The van der Waals surface area contributed by atoms with E-state index in [-0.39, 0.29) is 0 Å². The fraction of sp³-hybridized carbons (Fsp3) is 0.636. The van der Waals surface area contributed by atoms with Crippen LogP contribution in [0.25, 0.3) is 0 Å². The van der Waals surface area contributed by atoms with Crippen LogP contribution >= 0.6 is 0 Å². The summed E-state index contributed by atoms with van der Waals surface area (Å²) in [7, 11) is 0. The van der Waals surface area contributed by atoms with Gasteiger partial charge in [-0.1, -0.05) is 6.92 Å². The van der Waals surface area contributed by atoms with Gasteiger partial charge >= 0.3 is 0 Å². The highest BCUT2D eigenvalue weighted by Crippen LogP contribution is 2.02. The molecule has 0 radical (unpaired) electrons. The summed E-state index contributed by atoms with van der Waals surface area (Å²) in [6.07, 6.45) is 2.85. The SMILES string of the molecule is CCc1ccnc(CN2CCNCC2)n1. The van der Waals surface area contributed by atoms with Crippen molar-refractivity contribution in [1.82, 2.24) is 20.2 Å². The van der Waals surface area contributed by atoms with Crippen molar-refractivity contribution in [2.75, 3.05) is 26.2 Å². The average Bonchev–Trinajstić information content (AvgIpc) is 2.31. The Morgan fingerprint density at radius 3 is 2.93 bits per heavy atom. The van der Waals surface area contributed by atoms with E-state index in [1.165, 1.54) is 0 Å². The molecular formula is C11H18N4. The lowest BCUT2D eigenvalue weighted by Gasteiger charge is -2.26. The molecule has 0 aromatic carbocycles. The summed E-state index contributed by atoms with van der Waals surface area (Å²) >= 11 is 0. The van der Waals surface area contributed by atoms with Gasteiger partial charge in [0.25, 0.3) is 0 Å². The fourth-order valence-corrected chi connectivity index (χ4v) is 1.78. The molecule has 82 valence electrons. The number of hydrogen-bond acceptors (Lipinski definition) is 4. The smallest absolute Gasteiger partial charge is 0.142 e. The van der Waals surface area contributed by atoms with Crippen LogP contribution in [0.4, 0.5) is 0 Å². The minimum absolute atomic E-state index is 0.884. The van der Waals surface area contributed by atoms with E-state index in [9.17, 15) is 0 Å². The predicted molar refractivity (Wildman–Crippen MR) is 59.6 cm³/mol. The third-order valence-corrected chi connectivity index (χ3v) is 2.70. The highest BCUT2D eigenvalue weighted by atomic mass is 15.2. The minimum Gasteiger partial charge on any atom is -0.314 e. The Bertz CT molecular complexity index is 307. The molecule has 1 aliphatic rings. The van der Waals surface area contributed by atoms with Crippen molar-refractivity contribution in [1.29, 1.82) is 0 Å². The number of nitrogens with zero attached hydrogens (tertiary/aromatic N) is 3. The Morgan fingerprint density at radius 2 is 2.20 bits per heavy atom. The number of hydrogen-bond donors (Lipinski definition) is 1. The van der Waals surface area contributed by atoms with Crippen molar-refractivity contribution < 1.29 is 0 Å². The second-order valence-corrected chi connectivity index (χ2v) is 3.84. The number of aromatic nitrogens is 2. The molecule has 0 amide bonds. The second kappa shape index (κ2) is 5.19. The lowest BCUT2D eigenvalue weighted by atomic mass is 10.3. The summed E-state index contributed by atoms with van der Waals surface area (Å²) in [5.74, 6) is 0.955. The summed E-state index contributed by atoms with van der Waals surface area (Å²) in [6, 6.07) is 1.99. The maximum Gasteiger partial charge on any atom is 0.142 e. The first-order chi connectivity index (χ1) is 7.38. The third-order valence-electron chi connectivity index (χ3n) is 2.70. The molecule has 1 fully saturated rings. The number of piperazine rings is 1. The zero-order valence-electron chi connectivity index (χ0n) is 9.24. The Morgan fingerprint density at radius 1 is 1.40 bits per heavy atom. The van der Waals surface area contributed by atoms with Crippen LogP contribution in [0.15, 0.2) is 12.3 Å². The Hall–Kier alpha value is -1.00. The molecule has 1 aromatic rings. The zero-order chi connectivity index (χ0) is 10.5. The van der Waals surface area contributed by atoms with Crippen molar-refractivity contribution in [3.8, 4) is 0 Å². The molecule has 1 aliphatic heterocycles. The molecule has 0 saturated carbocycles. The summed E-state index contributed by atoms with van der Waals surface area (Å²) in [5, 5.41) is 3.34. The van der Waals surface area contributed by atoms with Gasteiger partial charge in [0.05, 0.1) is 6.54 Å². The largest absolute Gasteiger partial charge is 0.314 e. The van der Waals surface area contributed by atoms with Gasteiger partial charge in [-0.05, 0) is 12.5 Å². The van der Waals surface area contributed by atoms with Crippen LogP contribution in [0.3, 0.4) is 0 Å². The molecule has 2 heterocycles. The van der Waals surface area contributed by atoms with Crippen LogP contribution in [0, 0.1) is 0 Å². The topological polar surface area (TPSA) is 41.1 Å². The Kier molecular flexibility index (Phi) is 3.64. The van der Waals surface area contributed by atoms with E-state index in [2.05, 4.69) is 27.1 Å². The van der Waals surface area contributed by atoms with Crippen LogP contribution in [-0.2, 0) is 13.0 Å². The van der Waals surface area contributed by atoms with E-state index in [1.807, 2.05) is 12.3 Å². The van der Waals surface area contributed by atoms with Gasteiger partial charge in [0.2, 0.25) is 0 Å². The van der Waals surface area contributed by atoms with E-state index in [1.54, 1.807) is 0 Å². The van der Waals surface area contributed by atoms with E-state index >= 15 is 0 Å². The molecule has 0 spiro atoms. The molecule has 0 bridgehead atoms. The molecule has 1 aromatic heterocycles. The highest BCUT2D eigenvalue weighted by Gasteiger charge is 2.11. The maximum atomic E-state index is 4.51. The lowest BCUT2D eigenvalue weighted by Crippen LogP contribution is -2.43. The van der Waals surface area contributed by atoms with E-state index in [4.69, 9.17) is 0 Å². The molecule has 0 unspecified atom stereocenters. The van der Waals surface area contributed by atoms with Crippen LogP contribution < -0.4 is 5.32 Å². The standard InChI is InChI=1S/C11H18N4/c1-2-10-3-4-13-11(14-10)9-15-7-5-12-6-8-15/h3-4,12H,2,5-9H2,1H3. The summed E-state index contributed by atoms with van der Waals surface area (Å²) in [4.78, 5) is 11.2. The molecular weight excluding hydrogens is 188 g/mol. The first kappa shape index (κ1) is 10.5. The maximum absolute atomic E-state index is 4.51. The summed E-state index contributed by atoms with van der Waals surface area (Å²) < 4.78 is 0. The van der Waals surface area contributed by atoms with Gasteiger partial charge in [0, 0.05) is 38.1 Å². The fourth-order valence-electron chi connectivity index (χ4n) is 1.78. The van der Waals surface area contributed by atoms with E-state index in [0.717, 1.165) is 50.7 Å². The van der Waals surface area contributed by atoms with Gasteiger partial charge in [-0.3, -0.25) is 4.90 Å². The number of rotatable bonds is 3. The first-order valence-corrected chi connectivity index (χ1v) is 5.62. The average molecular weight is 206 g/mol. The monoisotopic (exact) mass is 206 g/mol. The van der Waals surface area contributed by atoms with Crippen LogP contribution in [0.1, 0.15) is 18.4 Å². The summed E-state index contributed by atoms with van der Waals surface area (Å²) in [5.41, 5.74) is 1.13. The number of nitrogens with one attached hydrogen (secondary N) is 1. The van der Waals surface area contributed by atoms with Crippen molar-refractivity contribution in [3.05, 3.63) is 23.8 Å². The molecule has 0 aliphatic carbocycles. The van der Waals surface area contributed by atoms with Gasteiger partial charge in [0.1, 0.15) is 5.82 Å². The first-order valence-electron chi connectivity index (χ1n) is 5.62. The minimum atomic E-state index is 0.884. The van der Waals surface area contributed by atoms with Crippen LogP contribution in [-0.4, -0.2) is 41.0 Å². The summed E-state index contributed by atoms with van der Waals surface area (Å²) in [6.45, 7) is 7.35. The molecule has 1 N–H and O–H groups in total. The second-order valence-electron chi connectivity index (χ2n) is 3.84. The van der Waals surface area contributed by atoms with Gasteiger partial charge in [-0.15, -0.1) is 0 Å². The van der Waals surface area contributed by atoms with Crippen molar-refractivity contribution in [2.45, 2.75) is 19.9 Å². The lowest BCUT2D eigenvalue weighted by molar-refractivity contribution is 0.228. The van der Waals surface area contributed by atoms with Gasteiger partial charge in [-0.25, -0.2) is 9.97 Å². The molecule has 1 saturated heterocycles. The third kappa shape index (κ3) is 2.97. The number of aryl methyl sites for hydroxylation is 1. The van der Waals surface area contributed by atoms with Gasteiger partial charge in [-0.2, -0.15) is 0 Å². The van der Waals surface area contributed by atoms with Crippen LogP contribution in [0.5, 0.6) is 0 Å². The van der Waals surface area contributed by atoms with Crippen molar-refractivity contribution in [2.24, 2.45) is 0 Å². The van der Waals surface area contributed by atoms with Crippen LogP contribution in [0.2, 0.25) is 0 Å². The Labute approximate surface area is 90.7 Å². The van der Waals surface area contributed by atoms with Gasteiger partial charge in [0.15, 0.2) is 0 Å².